The molecule has 0 aliphatic heterocycles. The van der Waals surface area contributed by atoms with Crippen LogP contribution < -0.4 is 5.73 Å². The van der Waals surface area contributed by atoms with Gasteiger partial charge in [-0.1, -0.05) is 12.2 Å². The lowest BCUT2D eigenvalue weighted by Crippen LogP contribution is -2.35. The first-order valence-corrected chi connectivity index (χ1v) is 6.13. The number of nitrogens with zero attached hydrogens (tertiary/aromatic N) is 1. The van der Waals surface area contributed by atoms with Crippen molar-refractivity contribution in [2.45, 2.75) is 6.42 Å². The van der Waals surface area contributed by atoms with Crippen LogP contribution in [0.1, 0.15) is 6.42 Å². The topological polar surface area (TPSA) is 72.6 Å². The Kier molecular flexibility index (Phi) is 6.17. The quantitative estimate of drug-likeness (QED) is 0.483. The first-order chi connectivity index (χ1) is 6.40. The standard InChI is InChI=1S/C7H16N2O3S2/c1-9(4-3-5-12-2)14(10,11)6-7(8)13/h3-6H2,1-2H3,(H2,8,13). The SMILES string of the molecule is COCCCN(C)S(=O)(=O)CC(N)=S. The van der Waals surface area contributed by atoms with Crippen molar-refractivity contribution in [1.82, 2.24) is 4.31 Å². The zero-order chi connectivity index (χ0) is 11.2. The molecule has 0 atom stereocenters. The first-order valence-electron chi connectivity index (χ1n) is 4.11. The molecule has 84 valence electrons. The average Bonchev–Trinajstić information content (AvgIpc) is 2.02. The molecule has 0 amide bonds. The average molecular weight is 240 g/mol. The fourth-order valence-electron chi connectivity index (χ4n) is 0.861. The second-order valence-corrected chi connectivity index (χ2v) is 5.49. The summed E-state index contributed by atoms with van der Waals surface area (Å²) in [6.45, 7) is 0.950. The lowest BCUT2D eigenvalue weighted by atomic mass is 10.5. The number of sulfonamides is 1. The molecule has 0 aromatic heterocycles. The third kappa shape index (κ3) is 5.48. The van der Waals surface area contributed by atoms with E-state index in [1.54, 1.807) is 7.11 Å². The highest BCUT2D eigenvalue weighted by Crippen LogP contribution is 1.99. The maximum atomic E-state index is 11.5. The van der Waals surface area contributed by atoms with Gasteiger partial charge in [0, 0.05) is 27.3 Å². The Morgan fingerprint density at radius 3 is 2.57 bits per heavy atom. The Morgan fingerprint density at radius 1 is 1.57 bits per heavy atom. The van der Waals surface area contributed by atoms with E-state index >= 15 is 0 Å². The van der Waals surface area contributed by atoms with Crippen LogP contribution in [0.4, 0.5) is 0 Å². The summed E-state index contributed by atoms with van der Waals surface area (Å²) in [5.74, 6) is -0.272. The molecule has 0 aliphatic rings. The summed E-state index contributed by atoms with van der Waals surface area (Å²) in [5, 5.41) is 0. The molecule has 0 radical (unpaired) electrons. The summed E-state index contributed by atoms with van der Waals surface area (Å²) in [6, 6.07) is 0. The molecule has 0 aromatic rings. The summed E-state index contributed by atoms with van der Waals surface area (Å²) in [4.78, 5) is -0.0106. The maximum absolute atomic E-state index is 11.5. The minimum Gasteiger partial charge on any atom is -0.392 e. The van der Waals surface area contributed by atoms with Crippen molar-refractivity contribution in [3.63, 3.8) is 0 Å². The molecular weight excluding hydrogens is 224 g/mol. The van der Waals surface area contributed by atoms with E-state index in [0.717, 1.165) is 0 Å². The summed E-state index contributed by atoms with van der Waals surface area (Å²) in [5.41, 5.74) is 5.17. The number of hydrogen-bond acceptors (Lipinski definition) is 4. The fraction of sp³-hybridized carbons (Fsp3) is 0.857. The highest BCUT2D eigenvalue weighted by molar-refractivity contribution is 7.92. The number of ether oxygens (including phenoxy) is 1. The molecule has 0 bridgehead atoms. The minimum absolute atomic E-state index is 0.0106. The van der Waals surface area contributed by atoms with Crippen LogP contribution in [0.2, 0.25) is 0 Å². The molecule has 0 aromatic carbocycles. The highest BCUT2D eigenvalue weighted by Gasteiger charge is 2.17. The van der Waals surface area contributed by atoms with E-state index in [1.165, 1.54) is 11.4 Å². The second-order valence-electron chi connectivity index (χ2n) is 2.89. The van der Waals surface area contributed by atoms with Gasteiger partial charge in [-0.25, -0.2) is 12.7 Å². The van der Waals surface area contributed by atoms with E-state index in [-0.39, 0.29) is 10.7 Å². The van der Waals surface area contributed by atoms with Gasteiger partial charge in [-0.2, -0.15) is 0 Å². The van der Waals surface area contributed by atoms with Gasteiger partial charge >= 0.3 is 0 Å². The number of nitrogens with two attached hydrogens (primary N) is 1. The number of methoxy groups -OCH3 is 1. The van der Waals surface area contributed by atoms with Crippen LogP contribution in [-0.2, 0) is 14.8 Å². The van der Waals surface area contributed by atoms with Crippen molar-refractivity contribution in [2.75, 3.05) is 33.1 Å². The van der Waals surface area contributed by atoms with Crippen molar-refractivity contribution in [3.05, 3.63) is 0 Å². The summed E-state index contributed by atoms with van der Waals surface area (Å²) < 4.78 is 29.0. The Labute approximate surface area is 90.3 Å². The van der Waals surface area contributed by atoms with E-state index in [1.807, 2.05) is 0 Å². The molecular formula is C7H16N2O3S2. The molecule has 0 heterocycles. The summed E-state index contributed by atoms with van der Waals surface area (Å²) in [7, 11) is -0.252. The predicted octanol–water partition coefficient (Wildman–Crippen LogP) is -0.429. The monoisotopic (exact) mass is 240 g/mol. The third-order valence-electron chi connectivity index (χ3n) is 1.62. The van der Waals surface area contributed by atoms with Crippen molar-refractivity contribution in [1.29, 1.82) is 0 Å². The number of rotatable bonds is 7. The van der Waals surface area contributed by atoms with Gasteiger partial charge in [-0.15, -0.1) is 0 Å². The molecule has 14 heavy (non-hydrogen) atoms. The van der Waals surface area contributed by atoms with Gasteiger partial charge in [0.05, 0.1) is 4.99 Å². The van der Waals surface area contributed by atoms with Gasteiger partial charge in [-0.3, -0.25) is 0 Å². The van der Waals surface area contributed by atoms with Crippen LogP contribution in [0.5, 0.6) is 0 Å². The lowest BCUT2D eigenvalue weighted by molar-refractivity contribution is 0.189. The van der Waals surface area contributed by atoms with E-state index in [4.69, 9.17) is 10.5 Å². The molecule has 0 spiro atoms. The zero-order valence-corrected chi connectivity index (χ0v) is 10.0. The van der Waals surface area contributed by atoms with Crippen molar-refractivity contribution < 1.29 is 13.2 Å². The Bertz CT molecular complexity index is 277. The van der Waals surface area contributed by atoms with Gasteiger partial charge in [-0.05, 0) is 6.42 Å². The smallest absolute Gasteiger partial charge is 0.220 e. The van der Waals surface area contributed by atoms with Crippen LogP contribution in [0.25, 0.3) is 0 Å². The van der Waals surface area contributed by atoms with Crippen LogP contribution >= 0.6 is 12.2 Å². The first kappa shape index (κ1) is 13.8. The van der Waals surface area contributed by atoms with Crippen molar-refractivity contribution >= 4 is 27.2 Å². The molecule has 0 unspecified atom stereocenters. The van der Waals surface area contributed by atoms with Crippen LogP contribution in [0.3, 0.4) is 0 Å². The molecule has 5 nitrogen and oxygen atoms in total. The van der Waals surface area contributed by atoms with Crippen LogP contribution in [0.15, 0.2) is 0 Å². The third-order valence-corrected chi connectivity index (χ3v) is 3.76. The van der Waals surface area contributed by atoms with Gasteiger partial charge in [0.1, 0.15) is 5.75 Å². The van der Waals surface area contributed by atoms with Gasteiger partial charge in [0.2, 0.25) is 10.0 Å². The fourth-order valence-corrected chi connectivity index (χ4v) is 2.29. The Balaban J connectivity index is 4.08. The molecule has 0 saturated heterocycles. The molecule has 0 saturated carbocycles. The van der Waals surface area contributed by atoms with Crippen molar-refractivity contribution in [3.8, 4) is 0 Å². The summed E-state index contributed by atoms with van der Waals surface area (Å²) in [6.07, 6.45) is 0.656. The zero-order valence-electron chi connectivity index (χ0n) is 8.39. The van der Waals surface area contributed by atoms with E-state index < -0.39 is 10.0 Å². The molecule has 7 heteroatoms. The lowest BCUT2D eigenvalue weighted by Gasteiger charge is -2.16. The van der Waals surface area contributed by atoms with Gasteiger partial charge in [0.25, 0.3) is 0 Å². The minimum atomic E-state index is -3.33. The van der Waals surface area contributed by atoms with Crippen LogP contribution in [0, 0.1) is 0 Å². The van der Waals surface area contributed by atoms with E-state index in [0.29, 0.717) is 19.6 Å². The summed E-state index contributed by atoms with van der Waals surface area (Å²) >= 11 is 4.55. The Morgan fingerprint density at radius 2 is 2.14 bits per heavy atom. The second kappa shape index (κ2) is 6.28. The van der Waals surface area contributed by atoms with E-state index in [2.05, 4.69) is 12.2 Å². The molecule has 0 rings (SSSR count). The molecule has 0 fully saturated rings. The molecule has 2 N–H and O–H groups in total. The predicted molar refractivity (Wildman–Crippen MR) is 59.7 cm³/mol. The number of hydrogen-bond donors (Lipinski definition) is 1. The largest absolute Gasteiger partial charge is 0.392 e. The van der Waals surface area contributed by atoms with Gasteiger partial charge < -0.3 is 10.5 Å². The Hall–Kier alpha value is -0.240. The molecule has 0 aliphatic carbocycles. The van der Waals surface area contributed by atoms with E-state index in [9.17, 15) is 8.42 Å². The van der Waals surface area contributed by atoms with Crippen LogP contribution in [-0.4, -0.2) is 50.8 Å². The highest BCUT2D eigenvalue weighted by atomic mass is 32.2. The normalized spacial score (nSPS) is 11.9. The maximum Gasteiger partial charge on any atom is 0.220 e. The van der Waals surface area contributed by atoms with Gasteiger partial charge in [0.15, 0.2) is 0 Å². The van der Waals surface area contributed by atoms with Crippen molar-refractivity contribution in [2.24, 2.45) is 5.73 Å². The number of thiocarbonyl (C=S) groups is 1.